The summed E-state index contributed by atoms with van der Waals surface area (Å²) in [5, 5.41) is 0. The van der Waals surface area contributed by atoms with Crippen LogP contribution in [-0.4, -0.2) is 0 Å². The number of hydrogen-bond acceptors (Lipinski definition) is 0. The van der Waals surface area contributed by atoms with Crippen LogP contribution in [0.4, 0.5) is 0 Å². The van der Waals surface area contributed by atoms with Gasteiger partial charge in [-0.3, -0.25) is 0 Å². The molecule has 0 bridgehead atoms. The van der Waals surface area contributed by atoms with Crippen LogP contribution in [0.2, 0.25) is 0 Å². The second kappa shape index (κ2) is 3.92. The normalized spacial score (nSPS) is 18.2. The van der Waals surface area contributed by atoms with Gasteiger partial charge in [0.2, 0.25) is 0 Å². The van der Waals surface area contributed by atoms with Crippen LogP contribution < -0.4 is 0 Å². The van der Waals surface area contributed by atoms with Gasteiger partial charge in [-0.2, -0.15) is 0 Å². The first-order chi connectivity index (χ1) is 6.31. The molecule has 0 spiro atoms. The first-order valence-corrected chi connectivity index (χ1v) is 5.67. The molecule has 0 fully saturated rings. The minimum atomic E-state index is 0.364. The molecule has 0 saturated heterocycles. The third-order valence-electron chi connectivity index (χ3n) is 2.86. The van der Waals surface area contributed by atoms with E-state index >= 15 is 0 Å². The lowest BCUT2D eigenvalue weighted by Gasteiger charge is -2.35. The Hall–Kier alpha value is -0.520. The van der Waals surface area contributed by atoms with E-state index < -0.39 is 0 Å². The minimum Gasteiger partial charge on any atom is -0.0842 e. The van der Waals surface area contributed by atoms with Gasteiger partial charge in [-0.05, 0) is 30.1 Å². The van der Waals surface area contributed by atoms with Crippen molar-refractivity contribution in [2.24, 2.45) is 10.8 Å². The Morgan fingerprint density at radius 2 is 1.79 bits per heavy atom. The van der Waals surface area contributed by atoms with Gasteiger partial charge in [-0.1, -0.05) is 58.4 Å². The quantitative estimate of drug-likeness (QED) is 0.593. The Morgan fingerprint density at radius 3 is 2.21 bits per heavy atom. The van der Waals surface area contributed by atoms with Crippen LogP contribution in [0.5, 0.6) is 0 Å². The van der Waals surface area contributed by atoms with Crippen molar-refractivity contribution in [2.75, 3.05) is 0 Å². The minimum absolute atomic E-state index is 0.364. The molecule has 80 valence electrons. The summed E-state index contributed by atoms with van der Waals surface area (Å²) in [6.07, 6.45) is 10.5. The van der Waals surface area contributed by atoms with Gasteiger partial charge in [0, 0.05) is 0 Å². The number of allylic oxidation sites excluding steroid dienone is 4. The lowest BCUT2D eigenvalue weighted by Crippen LogP contribution is -2.23. The van der Waals surface area contributed by atoms with Crippen LogP contribution in [0.3, 0.4) is 0 Å². The zero-order valence-corrected chi connectivity index (χ0v) is 10.4. The van der Waals surface area contributed by atoms with Crippen molar-refractivity contribution in [1.82, 2.24) is 0 Å². The van der Waals surface area contributed by atoms with E-state index in [1.54, 1.807) is 5.57 Å². The molecule has 1 aliphatic rings. The molecule has 0 unspecified atom stereocenters. The van der Waals surface area contributed by atoms with E-state index in [1.807, 2.05) is 0 Å². The monoisotopic (exact) mass is 192 g/mol. The molecule has 0 atom stereocenters. The van der Waals surface area contributed by atoms with Crippen LogP contribution in [0.25, 0.3) is 0 Å². The maximum atomic E-state index is 2.38. The molecule has 1 aliphatic carbocycles. The fourth-order valence-corrected chi connectivity index (χ4v) is 2.61. The summed E-state index contributed by atoms with van der Waals surface area (Å²) in [5.41, 5.74) is 2.41. The van der Waals surface area contributed by atoms with E-state index in [2.05, 4.69) is 52.8 Å². The maximum absolute atomic E-state index is 2.38. The van der Waals surface area contributed by atoms with Crippen molar-refractivity contribution in [1.29, 1.82) is 0 Å². The maximum Gasteiger partial charge on any atom is -0.0136 e. The molecule has 0 heterocycles. The van der Waals surface area contributed by atoms with Crippen molar-refractivity contribution < 1.29 is 0 Å². The van der Waals surface area contributed by atoms with Crippen LogP contribution >= 0.6 is 0 Å². The highest BCUT2D eigenvalue weighted by molar-refractivity contribution is 5.23. The lowest BCUT2D eigenvalue weighted by atomic mass is 9.70. The highest BCUT2D eigenvalue weighted by atomic mass is 14.3. The van der Waals surface area contributed by atoms with E-state index in [1.165, 1.54) is 19.3 Å². The Bertz CT molecular complexity index is 246. The van der Waals surface area contributed by atoms with Crippen LogP contribution in [0.15, 0.2) is 23.8 Å². The molecular formula is C14H24. The third kappa shape index (κ3) is 3.32. The highest BCUT2D eigenvalue weighted by Crippen LogP contribution is 2.41. The van der Waals surface area contributed by atoms with E-state index in [9.17, 15) is 0 Å². The topological polar surface area (TPSA) is 0 Å². The largest absolute Gasteiger partial charge is 0.0842 e. The molecule has 0 saturated carbocycles. The molecule has 0 nitrogen and oxygen atoms in total. The molecule has 14 heavy (non-hydrogen) atoms. The summed E-state index contributed by atoms with van der Waals surface area (Å²) in [7, 11) is 0. The summed E-state index contributed by atoms with van der Waals surface area (Å²) in [5.74, 6) is 0. The lowest BCUT2D eigenvalue weighted by molar-refractivity contribution is 0.244. The van der Waals surface area contributed by atoms with Gasteiger partial charge < -0.3 is 0 Å². The van der Waals surface area contributed by atoms with Gasteiger partial charge in [0.05, 0.1) is 0 Å². The first kappa shape index (κ1) is 11.6. The van der Waals surface area contributed by atoms with Gasteiger partial charge in [-0.25, -0.2) is 0 Å². The van der Waals surface area contributed by atoms with E-state index in [0.29, 0.717) is 10.8 Å². The molecular weight excluding hydrogens is 168 g/mol. The molecule has 0 N–H and O–H groups in total. The van der Waals surface area contributed by atoms with Gasteiger partial charge in [0.1, 0.15) is 0 Å². The van der Waals surface area contributed by atoms with Crippen LogP contribution in [-0.2, 0) is 0 Å². The molecule has 0 radical (unpaired) electrons. The molecule has 0 heteroatoms. The Morgan fingerprint density at radius 1 is 1.14 bits per heavy atom. The highest BCUT2D eigenvalue weighted by Gasteiger charge is 2.28. The fourth-order valence-electron chi connectivity index (χ4n) is 2.61. The predicted octanol–water partition coefficient (Wildman–Crippen LogP) is 4.73. The molecule has 0 aromatic heterocycles. The fraction of sp³-hybridized carbons (Fsp3) is 0.714. The van der Waals surface area contributed by atoms with Crippen molar-refractivity contribution in [3.63, 3.8) is 0 Å². The second-order valence-corrected chi connectivity index (χ2v) is 6.28. The van der Waals surface area contributed by atoms with Gasteiger partial charge in [0.15, 0.2) is 0 Å². The summed E-state index contributed by atoms with van der Waals surface area (Å²) in [4.78, 5) is 0. The van der Waals surface area contributed by atoms with Crippen LogP contribution in [0.1, 0.15) is 53.9 Å². The smallest absolute Gasteiger partial charge is 0.0136 e. The second-order valence-electron chi connectivity index (χ2n) is 6.28. The van der Waals surface area contributed by atoms with E-state index in [0.717, 1.165) is 0 Å². The molecule has 1 rings (SSSR count). The van der Waals surface area contributed by atoms with Gasteiger partial charge >= 0.3 is 0 Å². The Balaban J connectivity index is 2.74. The Kier molecular flexibility index (Phi) is 3.24. The molecule has 0 aromatic carbocycles. The van der Waals surface area contributed by atoms with Crippen molar-refractivity contribution in [3.05, 3.63) is 23.8 Å². The van der Waals surface area contributed by atoms with Gasteiger partial charge in [0.25, 0.3) is 0 Å². The van der Waals surface area contributed by atoms with Crippen molar-refractivity contribution in [2.45, 2.75) is 53.9 Å². The Labute approximate surface area is 89.1 Å². The van der Waals surface area contributed by atoms with Gasteiger partial charge in [-0.15, -0.1) is 0 Å². The van der Waals surface area contributed by atoms with E-state index in [-0.39, 0.29) is 0 Å². The molecule has 0 amide bonds. The summed E-state index contributed by atoms with van der Waals surface area (Å²) >= 11 is 0. The zero-order valence-electron chi connectivity index (χ0n) is 10.4. The van der Waals surface area contributed by atoms with Crippen molar-refractivity contribution in [3.8, 4) is 0 Å². The number of rotatable bonds is 2. The summed E-state index contributed by atoms with van der Waals surface area (Å²) in [6.45, 7) is 11.7. The first-order valence-electron chi connectivity index (χ1n) is 5.67. The SMILES string of the molecule is CC(C)(C)CC(C)(C)C1=CC=CCC1. The summed E-state index contributed by atoms with van der Waals surface area (Å²) < 4.78 is 0. The number of hydrogen-bond donors (Lipinski definition) is 0. The van der Waals surface area contributed by atoms with E-state index in [4.69, 9.17) is 0 Å². The molecule has 0 aromatic rings. The average molecular weight is 192 g/mol. The standard InChI is InChI=1S/C14H24/c1-13(2,3)11-14(4,5)12-9-7-6-8-10-12/h6-7,9H,8,10-11H2,1-5H3. The third-order valence-corrected chi connectivity index (χ3v) is 2.86. The van der Waals surface area contributed by atoms with Crippen LogP contribution in [0, 0.1) is 10.8 Å². The average Bonchev–Trinajstić information content (AvgIpc) is 2.01. The molecule has 0 aliphatic heterocycles. The zero-order chi connectivity index (χ0) is 10.8. The summed E-state index contributed by atoms with van der Waals surface area (Å²) in [6, 6.07) is 0. The van der Waals surface area contributed by atoms with Crippen molar-refractivity contribution >= 4 is 0 Å². The predicted molar refractivity (Wildman–Crippen MR) is 64.3 cm³/mol.